The van der Waals surface area contributed by atoms with Gasteiger partial charge in [0.15, 0.2) is 0 Å². The monoisotopic (exact) mass is 315 g/mol. The van der Waals surface area contributed by atoms with Gasteiger partial charge in [0.1, 0.15) is 0 Å². The first-order chi connectivity index (χ1) is 11.0. The standard InChI is InChI=1S/C18H25N3O2/c1-12(20-18(23)14-7-8-15(19)10-14)13-4-2-5-16(11-13)21-9-3-6-17(21)22/h2,4-5,11-12,14-15H,3,6-10,19H2,1H3,(H,20,23). The molecule has 1 aromatic carbocycles. The van der Waals surface area contributed by atoms with Crippen molar-refractivity contribution in [3.8, 4) is 0 Å². The van der Waals surface area contributed by atoms with Crippen molar-refractivity contribution in [3.63, 3.8) is 0 Å². The van der Waals surface area contributed by atoms with Gasteiger partial charge in [0, 0.05) is 30.6 Å². The van der Waals surface area contributed by atoms with Gasteiger partial charge in [-0.2, -0.15) is 0 Å². The Bertz CT molecular complexity index is 602. The average molecular weight is 315 g/mol. The van der Waals surface area contributed by atoms with E-state index in [0.29, 0.717) is 6.42 Å². The zero-order valence-corrected chi connectivity index (χ0v) is 13.6. The molecule has 5 heteroatoms. The summed E-state index contributed by atoms with van der Waals surface area (Å²) in [5.74, 6) is 0.308. The van der Waals surface area contributed by atoms with E-state index in [1.807, 2.05) is 36.1 Å². The van der Waals surface area contributed by atoms with Crippen molar-refractivity contribution >= 4 is 17.5 Å². The van der Waals surface area contributed by atoms with Crippen LogP contribution in [0.15, 0.2) is 24.3 Å². The Morgan fingerprint density at radius 3 is 2.87 bits per heavy atom. The van der Waals surface area contributed by atoms with E-state index in [1.165, 1.54) is 0 Å². The van der Waals surface area contributed by atoms with Crippen LogP contribution in [0.1, 0.15) is 50.6 Å². The Balaban J connectivity index is 1.66. The highest BCUT2D eigenvalue weighted by atomic mass is 16.2. The number of carbonyl (C=O) groups excluding carboxylic acids is 2. The van der Waals surface area contributed by atoms with E-state index in [4.69, 9.17) is 5.73 Å². The number of nitrogens with two attached hydrogens (primary N) is 1. The van der Waals surface area contributed by atoms with Crippen molar-refractivity contribution in [2.45, 2.75) is 51.1 Å². The molecule has 0 spiro atoms. The zero-order valence-electron chi connectivity index (χ0n) is 13.6. The van der Waals surface area contributed by atoms with Gasteiger partial charge in [-0.05, 0) is 50.3 Å². The van der Waals surface area contributed by atoms with Crippen LogP contribution in [-0.2, 0) is 9.59 Å². The summed E-state index contributed by atoms with van der Waals surface area (Å²) in [5.41, 5.74) is 7.84. The van der Waals surface area contributed by atoms with Gasteiger partial charge in [-0.1, -0.05) is 12.1 Å². The third-order valence-corrected chi connectivity index (χ3v) is 4.96. The topological polar surface area (TPSA) is 75.4 Å². The van der Waals surface area contributed by atoms with Crippen molar-refractivity contribution in [2.75, 3.05) is 11.4 Å². The second-order valence-electron chi connectivity index (χ2n) is 6.74. The molecule has 1 saturated heterocycles. The van der Waals surface area contributed by atoms with Gasteiger partial charge in [0.2, 0.25) is 11.8 Å². The van der Waals surface area contributed by atoms with Crippen LogP contribution in [0.4, 0.5) is 5.69 Å². The molecule has 1 saturated carbocycles. The third kappa shape index (κ3) is 3.55. The van der Waals surface area contributed by atoms with Crippen molar-refractivity contribution in [2.24, 2.45) is 11.7 Å². The van der Waals surface area contributed by atoms with Crippen LogP contribution in [0.3, 0.4) is 0 Å². The van der Waals surface area contributed by atoms with Gasteiger partial charge in [-0.3, -0.25) is 9.59 Å². The number of carbonyl (C=O) groups is 2. The molecule has 2 amide bonds. The van der Waals surface area contributed by atoms with E-state index in [9.17, 15) is 9.59 Å². The lowest BCUT2D eigenvalue weighted by Gasteiger charge is -2.21. The SMILES string of the molecule is CC(NC(=O)C1CCC(N)C1)c1cccc(N2CCCC2=O)c1. The number of benzene rings is 1. The Hall–Kier alpha value is -1.88. The summed E-state index contributed by atoms with van der Waals surface area (Å²) in [6, 6.07) is 7.99. The largest absolute Gasteiger partial charge is 0.349 e. The van der Waals surface area contributed by atoms with E-state index in [0.717, 1.165) is 43.5 Å². The lowest BCUT2D eigenvalue weighted by molar-refractivity contribution is -0.125. The molecule has 124 valence electrons. The quantitative estimate of drug-likeness (QED) is 0.893. The summed E-state index contributed by atoms with van der Waals surface area (Å²) in [4.78, 5) is 26.0. The maximum Gasteiger partial charge on any atom is 0.227 e. The maximum atomic E-state index is 12.3. The number of nitrogens with zero attached hydrogens (tertiary/aromatic N) is 1. The van der Waals surface area contributed by atoms with Crippen LogP contribution in [0.2, 0.25) is 0 Å². The smallest absolute Gasteiger partial charge is 0.227 e. The highest BCUT2D eigenvalue weighted by Gasteiger charge is 2.28. The molecule has 1 heterocycles. The summed E-state index contributed by atoms with van der Waals surface area (Å²) in [6.45, 7) is 2.76. The second-order valence-corrected chi connectivity index (χ2v) is 6.74. The minimum absolute atomic E-state index is 0.0378. The summed E-state index contributed by atoms with van der Waals surface area (Å²) in [5, 5.41) is 3.09. The molecule has 3 unspecified atom stereocenters. The Morgan fingerprint density at radius 2 is 2.22 bits per heavy atom. The normalized spacial score (nSPS) is 25.7. The fourth-order valence-corrected chi connectivity index (χ4v) is 3.55. The van der Waals surface area contributed by atoms with E-state index in [-0.39, 0.29) is 29.8 Å². The molecule has 1 aliphatic heterocycles. The molecule has 3 N–H and O–H groups in total. The van der Waals surface area contributed by atoms with Gasteiger partial charge >= 0.3 is 0 Å². The molecule has 1 aromatic rings. The van der Waals surface area contributed by atoms with Crippen molar-refractivity contribution in [1.82, 2.24) is 5.32 Å². The van der Waals surface area contributed by atoms with Gasteiger partial charge in [0.05, 0.1) is 6.04 Å². The summed E-state index contributed by atoms with van der Waals surface area (Å²) >= 11 is 0. The Kier molecular flexibility index (Phi) is 4.66. The predicted molar refractivity (Wildman–Crippen MR) is 89.9 cm³/mol. The molecule has 2 aliphatic rings. The first kappa shape index (κ1) is 16.0. The number of amides is 2. The number of nitrogens with one attached hydrogen (secondary N) is 1. The molecular formula is C18H25N3O2. The fourth-order valence-electron chi connectivity index (χ4n) is 3.55. The minimum Gasteiger partial charge on any atom is -0.349 e. The lowest BCUT2D eigenvalue weighted by atomic mass is 10.0. The van der Waals surface area contributed by atoms with Crippen LogP contribution >= 0.6 is 0 Å². The zero-order chi connectivity index (χ0) is 16.4. The van der Waals surface area contributed by atoms with Crippen LogP contribution in [-0.4, -0.2) is 24.4 Å². The van der Waals surface area contributed by atoms with E-state index in [2.05, 4.69) is 5.32 Å². The van der Waals surface area contributed by atoms with E-state index < -0.39 is 0 Å². The second kappa shape index (κ2) is 6.71. The molecule has 3 rings (SSSR count). The molecule has 2 fully saturated rings. The average Bonchev–Trinajstić information content (AvgIpc) is 3.16. The molecule has 0 radical (unpaired) electrons. The van der Waals surface area contributed by atoms with Crippen LogP contribution < -0.4 is 16.0 Å². The minimum atomic E-state index is -0.0722. The summed E-state index contributed by atoms with van der Waals surface area (Å²) in [7, 11) is 0. The molecule has 5 nitrogen and oxygen atoms in total. The fraction of sp³-hybridized carbons (Fsp3) is 0.556. The molecule has 0 aromatic heterocycles. The first-order valence-electron chi connectivity index (χ1n) is 8.51. The highest BCUT2D eigenvalue weighted by molar-refractivity contribution is 5.95. The molecule has 1 aliphatic carbocycles. The molecule has 3 atom stereocenters. The first-order valence-corrected chi connectivity index (χ1v) is 8.51. The molecular weight excluding hydrogens is 290 g/mol. The highest BCUT2D eigenvalue weighted by Crippen LogP contribution is 2.27. The molecule has 23 heavy (non-hydrogen) atoms. The van der Waals surface area contributed by atoms with Gasteiger partial charge in [-0.25, -0.2) is 0 Å². The van der Waals surface area contributed by atoms with Crippen LogP contribution in [0, 0.1) is 5.92 Å². The summed E-state index contributed by atoms with van der Waals surface area (Å²) in [6.07, 6.45) is 4.12. The van der Waals surface area contributed by atoms with Crippen molar-refractivity contribution in [1.29, 1.82) is 0 Å². The number of rotatable bonds is 4. The van der Waals surface area contributed by atoms with Crippen LogP contribution in [0.25, 0.3) is 0 Å². The number of anilines is 1. The lowest BCUT2D eigenvalue weighted by Crippen LogP contribution is -2.32. The van der Waals surface area contributed by atoms with Gasteiger partial charge < -0.3 is 16.0 Å². The van der Waals surface area contributed by atoms with Gasteiger partial charge in [0.25, 0.3) is 0 Å². The van der Waals surface area contributed by atoms with E-state index in [1.54, 1.807) is 0 Å². The third-order valence-electron chi connectivity index (χ3n) is 4.96. The van der Waals surface area contributed by atoms with E-state index >= 15 is 0 Å². The predicted octanol–water partition coefficient (Wildman–Crippen LogP) is 2.12. The summed E-state index contributed by atoms with van der Waals surface area (Å²) < 4.78 is 0. The van der Waals surface area contributed by atoms with Crippen molar-refractivity contribution in [3.05, 3.63) is 29.8 Å². The van der Waals surface area contributed by atoms with Crippen LogP contribution in [0.5, 0.6) is 0 Å². The number of hydrogen-bond acceptors (Lipinski definition) is 3. The Labute approximate surface area is 137 Å². The number of hydrogen-bond donors (Lipinski definition) is 2. The molecule has 0 bridgehead atoms. The Morgan fingerprint density at radius 1 is 1.39 bits per heavy atom. The van der Waals surface area contributed by atoms with Crippen molar-refractivity contribution < 1.29 is 9.59 Å². The maximum absolute atomic E-state index is 12.3. The van der Waals surface area contributed by atoms with Gasteiger partial charge in [-0.15, -0.1) is 0 Å².